The Balaban J connectivity index is 1.04. The summed E-state index contributed by atoms with van der Waals surface area (Å²) in [5.41, 5.74) is 16.8. The van der Waals surface area contributed by atoms with Crippen LogP contribution in [0.25, 0.3) is 60.5 Å². The van der Waals surface area contributed by atoms with Crippen LogP contribution in [0.15, 0.2) is 240 Å². The SMILES string of the molecule is c1ccc(-c2ccc(N(c3ccccc3)c3ccc(-n4c5cc6c(cc5c5c7ccccc7ccc54)Sc4ccccc4C64c5ccccc5-c5ccccc54)cc3)cc2)cc1. The van der Waals surface area contributed by atoms with Gasteiger partial charge in [0.15, 0.2) is 0 Å². The maximum Gasteiger partial charge on any atom is 0.0736 e. The second kappa shape index (κ2) is 13.7. The van der Waals surface area contributed by atoms with Crippen molar-refractivity contribution in [3.63, 3.8) is 0 Å². The summed E-state index contributed by atoms with van der Waals surface area (Å²) in [5.74, 6) is 0. The van der Waals surface area contributed by atoms with Crippen molar-refractivity contribution < 1.29 is 0 Å². The predicted octanol–water partition coefficient (Wildman–Crippen LogP) is 15.9. The van der Waals surface area contributed by atoms with Crippen LogP contribution in [0.1, 0.15) is 22.3 Å². The smallest absolute Gasteiger partial charge is 0.0736 e. The molecule has 0 amide bonds. The van der Waals surface area contributed by atoms with E-state index in [1.807, 2.05) is 11.8 Å². The van der Waals surface area contributed by atoms with E-state index in [9.17, 15) is 0 Å². The molecule has 0 radical (unpaired) electrons. The lowest BCUT2D eigenvalue weighted by Crippen LogP contribution is -2.32. The van der Waals surface area contributed by atoms with E-state index in [2.05, 4.69) is 240 Å². The second-order valence-corrected chi connectivity index (χ2v) is 17.5. The molecule has 62 heavy (non-hydrogen) atoms. The fraction of sp³-hybridized carbons (Fsp3) is 0.0169. The number of hydrogen-bond acceptors (Lipinski definition) is 2. The van der Waals surface area contributed by atoms with Crippen LogP contribution in [0.5, 0.6) is 0 Å². The van der Waals surface area contributed by atoms with Crippen LogP contribution in [0, 0.1) is 0 Å². The Morgan fingerprint density at radius 3 is 1.66 bits per heavy atom. The van der Waals surface area contributed by atoms with Gasteiger partial charge in [-0.2, -0.15) is 0 Å². The van der Waals surface area contributed by atoms with Gasteiger partial charge in [-0.15, -0.1) is 0 Å². The Morgan fingerprint density at radius 1 is 0.371 bits per heavy atom. The molecule has 1 aliphatic heterocycles. The number of aromatic nitrogens is 1. The number of hydrogen-bond donors (Lipinski definition) is 0. The molecule has 0 atom stereocenters. The Labute approximate surface area is 365 Å². The molecule has 2 aliphatic rings. The minimum Gasteiger partial charge on any atom is -0.311 e. The highest BCUT2D eigenvalue weighted by atomic mass is 32.2. The van der Waals surface area contributed by atoms with Crippen molar-refractivity contribution >= 4 is 61.4 Å². The topological polar surface area (TPSA) is 8.17 Å². The Kier molecular flexibility index (Phi) is 7.79. The molecule has 0 saturated carbocycles. The van der Waals surface area contributed by atoms with Crippen molar-refractivity contribution in [3.8, 4) is 27.9 Å². The van der Waals surface area contributed by atoms with Crippen molar-refractivity contribution in [1.82, 2.24) is 4.57 Å². The van der Waals surface area contributed by atoms with Gasteiger partial charge >= 0.3 is 0 Å². The molecule has 0 N–H and O–H groups in total. The predicted molar refractivity (Wildman–Crippen MR) is 260 cm³/mol. The van der Waals surface area contributed by atoms with Gasteiger partial charge in [-0.25, -0.2) is 0 Å². The van der Waals surface area contributed by atoms with Gasteiger partial charge in [0.2, 0.25) is 0 Å². The van der Waals surface area contributed by atoms with Crippen LogP contribution in [-0.4, -0.2) is 4.57 Å². The van der Waals surface area contributed by atoms with Gasteiger partial charge in [0.1, 0.15) is 0 Å². The molecule has 0 unspecified atom stereocenters. The summed E-state index contributed by atoms with van der Waals surface area (Å²) in [5, 5.41) is 5.07. The number of rotatable bonds is 5. The highest BCUT2D eigenvalue weighted by Crippen LogP contribution is 2.63. The van der Waals surface area contributed by atoms with Crippen molar-refractivity contribution in [3.05, 3.63) is 253 Å². The third kappa shape index (κ3) is 5.06. The molecule has 290 valence electrons. The molecule has 1 spiro atoms. The van der Waals surface area contributed by atoms with Crippen LogP contribution in [-0.2, 0) is 5.41 Å². The maximum atomic E-state index is 2.54. The van der Waals surface area contributed by atoms with E-state index in [-0.39, 0.29) is 0 Å². The number of fused-ring (bicyclic) bond motifs is 14. The number of para-hydroxylation sites is 1. The number of benzene rings is 10. The molecule has 0 bridgehead atoms. The van der Waals surface area contributed by atoms with E-state index < -0.39 is 5.41 Å². The first kappa shape index (κ1) is 35.2. The summed E-state index contributed by atoms with van der Waals surface area (Å²) < 4.78 is 2.51. The van der Waals surface area contributed by atoms with E-state index in [0.717, 1.165) is 22.7 Å². The minimum absolute atomic E-state index is 0.460. The van der Waals surface area contributed by atoms with Gasteiger partial charge in [-0.05, 0) is 128 Å². The number of anilines is 3. The van der Waals surface area contributed by atoms with Gasteiger partial charge < -0.3 is 9.47 Å². The molecule has 10 aromatic carbocycles. The summed E-state index contributed by atoms with van der Waals surface area (Å²) in [6, 6.07) is 85.1. The van der Waals surface area contributed by atoms with Crippen LogP contribution in [0.2, 0.25) is 0 Å². The summed E-state index contributed by atoms with van der Waals surface area (Å²) >= 11 is 1.91. The molecule has 3 heteroatoms. The largest absolute Gasteiger partial charge is 0.311 e. The minimum atomic E-state index is -0.460. The third-order valence-electron chi connectivity index (χ3n) is 13.2. The summed E-state index contributed by atoms with van der Waals surface area (Å²) in [6.07, 6.45) is 0. The summed E-state index contributed by atoms with van der Waals surface area (Å²) in [4.78, 5) is 4.97. The standard InChI is InChI=1S/C59H38N2S/c1-3-15-39(16-4-1)40-27-30-43(31-28-40)60(42-18-5-2-6-19-42)44-32-34-45(35-33-44)61-54-36-29-41-17-7-8-20-46(41)58(54)49-37-57-53(38-55(49)61)59(52-25-13-14-26-56(52)62-57)50-23-11-9-21-47(50)48-22-10-12-24-51(48)59/h1-38H. The molecular formula is C59H38N2S. The quantitative estimate of drug-likeness (QED) is 0.171. The third-order valence-corrected chi connectivity index (χ3v) is 14.4. The fourth-order valence-corrected chi connectivity index (χ4v) is 11.8. The first-order valence-corrected chi connectivity index (χ1v) is 22.2. The van der Waals surface area contributed by atoms with Crippen molar-refractivity contribution in [2.75, 3.05) is 4.90 Å². The van der Waals surface area contributed by atoms with Crippen LogP contribution >= 0.6 is 11.8 Å². The number of nitrogens with zero attached hydrogens (tertiary/aromatic N) is 2. The van der Waals surface area contributed by atoms with Gasteiger partial charge in [-0.1, -0.05) is 169 Å². The van der Waals surface area contributed by atoms with Crippen molar-refractivity contribution in [2.45, 2.75) is 15.2 Å². The Morgan fingerprint density at radius 2 is 0.935 bits per heavy atom. The average molecular weight is 807 g/mol. The molecule has 0 fully saturated rings. The van der Waals surface area contributed by atoms with Crippen LogP contribution < -0.4 is 4.90 Å². The van der Waals surface area contributed by atoms with Gasteiger partial charge in [0.25, 0.3) is 0 Å². The van der Waals surface area contributed by atoms with E-state index in [0.29, 0.717) is 0 Å². The average Bonchev–Trinajstić information content (AvgIpc) is 3.83. The lowest BCUT2D eigenvalue weighted by atomic mass is 9.67. The summed E-state index contributed by atoms with van der Waals surface area (Å²) in [7, 11) is 0. The Bertz CT molecular complexity index is 3490. The van der Waals surface area contributed by atoms with Crippen molar-refractivity contribution in [2.24, 2.45) is 0 Å². The van der Waals surface area contributed by atoms with Gasteiger partial charge in [0, 0.05) is 43.3 Å². The zero-order valence-electron chi connectivity index (χ0n) is 33.7. The van der Waals surface area contributed by atoms with E-state index in [1.165, 1.54) is 86.9 Å². The Hall–Kier alpha value is -7.59. The lowest BCUT2D eigenvalue weighted by molar-refractivity contribution is 0.724. The van der Waals surface area contributed by atoms with Gasteiger partial charge in [0.05, 0.1) is 16.4 Å². The molecule has 0 saturated heterocycles. The van der Waals surface area contributed by atoms with E-state index >= 15 is 0 Å². The zero-order valence-corrected chi connectivity index (χ0v) is 34.6. The van der Waals surface area contributed by atoms with Crippen LogP contribution in [0.4, 0.5) is 17.1 Å². The second-order valence-electron chi connectivity index (χ2n) is 16.4. The zero-order chi connectivity index (χ0) is 40.8. The molecule has 13 rings (SSSR count). The van der Waals surface area contributed by atoms with Crippen LogP contribution in [0.3, 0.4) is 0 Å². The van der Waals surface area contributed by atoms with E-state index in [1.54, 1.807) is 0 Å². The lowest BCUT2D eigenvalue weighted by Gasteiger charge is -2.39. The van der Waals surface area contributed by atoms with Crippen molar-refractivity contribution in [1.29, 1.82) is 0 Å². The summed E-state index contributed by atoms with van der Waals surface area (Å²) in [6.45, 7) is 0. The highest BCUT2D eigenvalue weighted by Gasteiger charge is 2.50. The van der Waals surface area contributed by atoms with E-state index in [4.69, 9.17) is 0 Å². The molecule has 2 nitrogen and oxygen atoms in total. The molecule has 11 aromatic rings. The van der Waals surface area contributed by atoms with Gasteiger partial charge in [-0.3, -0.25) is 0 Å². The highest BCUT2D eigenvalue weighted by molar-refractivity contribution is 7.99. The monoisotopic (exact) mass is 806 g/mol. The molecular weight excluding hydrogens is 769 g/mol. The molecule has 1 aromatic heterocycles. The molecule has 1 aliphatic carbocycles. The first-order chi connectivity index (χ1) is 30.8. The maximum absolute atomic E-state index is 2.54. The normalized spacial score (nSPS) is 13.2. The first-order valence-electron chi connectivity index (χ1n) is 21.3. The molecule has 2 heterocycles. The fourth-order valence-electron chi connectivity index (χ4n) is 10.6.